The molecule has 0 aromatic heterocycles. The highest BCUT2D eigenvalue weighted by Gasteiger charge is 1.96. The van der Waals surface area contributed by atoms with E-state index < -0.39 is 0 Å². The second-order valence-electron chi connectivity index (χ2n) is 2.43. The first-order valence-corrected chi connectivity index (χ1v) is 3.96. The third-order valence-corrected chi connectivity index (χ3v) is 1.57. The molecule has 0 unspecified atom stereocenters. The van der Waals surface area contributed by atoms with Gasteiger partial charge >= 0.3 is 0 Å². The van der Waals surface area contributed by atoms with E-state index >= 15 is 0 Å². The molecule has 0 aliphatic heterocycles. The fourth-order valence-electron chi connectivity index (χ4n) is 0.942. The Hall–Kier alpha value is -1.79. The van der Waals surface area contributed by atoms with Crippen LogP contribution in [-0.2, 0) is 0 Å². The minimum Gasteiger partial charge on any atom is -0.328 e. The van der Waals surface area contributed by atoms with E-state index in [0.717, 1.165) is 5.56 Å². The van der Waals surface area contributed by atoms with Crippen molar-refractivity contribution in [3.63, 3.8) is 0 Å². The summed E-state index contributed by atoms with van der Waals surface area (Å²) in [7, 11) is 1.75. The summed E-state index contributed by atoms with van der Waals surface area (Å²) in [5.41, 5.74) is 7.00. The molecule has 2 N–H and O–H groups in total. The zero-order valence-corrected chi connectivity index (χ0v) is 7.41. The van der Waals surface area contributed by atoms with Crippen molar-refractivity contribution < 1.29 is 0 Å². The van der Waals surface area contributed by atoms with Gasteiger partial charge in [0.1, 0.15) is 6.07 Å². The number of allylic oxidation sites excluding steroid dienone is 1. The van der Waals surface area contributed by atoms with Crippen LogP contribution in [0.2, 0.25) is 0 Å². The molecule has 13 heavy (non-hydrogen) atoms. The van der Waals surface area contributed by atoms with E-state index in [-0.39, 0.29) is 0 Å². The molecule has 1 aromatic carbocycles. The third kappa shape index (κ3) is 2.62. The van der Waals surface area contributed by atoms with Gasteiger partial charge in [0.05, 0.1) is 5.57 Å². The largest absolute Gasteiger partial charge is 0.328 e. The second-order valence-corrected chi connectivity index (χ2v) is 2.43. The minimum atomic E-state index is 0.606. The van der Waals surface area contributed by atoms with Crippen molar-refractivity contribution in [1.82, 2.24) is 10.9 Å². The first-order valence-electron chi connectivity index (χ1n) is 3.96. The van der Waals surface area contributed by atoms with Crippen molar-refractivity contribution >= 4 is 5.57 Å². The van der Waals surface area contributed by atoms with Gasteiger partial charge in [0.2, 0.25) is 0 Å². The van der Waals surface area contributed by atoms with Gasteiger partial charge in [-0.15, -0.1) is 0 Å². The summed E-state index contributed by atoms with van der Waals surface area (Å²) in [6.07, 6.45) is 1.63. The molecule has 3 nitrogen and oxygen atoms in total. The second kappa shape index (κ2) is 4.96. The highest BCUT2D eigenvalue weighted by Crippen LogP contribution is 2.10. The molecule has 0 radical (unpaired) electrons. The number of rotatable bonds is 3. The Morgan fingerprint density at radius 1 is 1.38 bits per heavy atom. The Labute approximate surface area is 77.7 Å². The molecule has 0 fully saturated rings. The van der Waals surface area contributed by atoms with Crippen LogP contribution in [0.4, 0.5) is 0 Å². The van der Waals surface area contributed by atoms with E-state index in [4.69, 9.17) is 5.26 Å². The Kier molecular flexibility index (Phi) is 3.55. The van der Waals surface area contributed by atoms with Gasteiger partial charge < -0.3 is 5.43 Å². The van der Waals surface area contributed by atoms with E-state index in [0.29, 0.717) is 5.57 Å². The number of nitrogens with zero attached hydrogens (tertiary/aromatic N) is 1. The van der Waals surface area contributed by atoms with Crippen LogP contribution < -0.4 is 10.9 Å². The zero-order chi connectivity index (χ0) is 9.52. The van der Waals surface area contributed by atoms with Crippen molar-refractivity contribution in [3.8, 4) is 6.07 Å². The molecule has 3 heteroatoms. The Balaban J connectivity index is 2.87. The maximum absolute atomic E-state index is 8.82. The van der Waals surface area contributed by atoms with E-state index in [1.54, 1.807) is 13.2 Å². The smallest absolute Gasteiger partial charge is 0.101 e. The van der Waals surface area contributed by atoms with Crippen molar-refractivity contribution in [2.75, 3.05) is 7.05 Å². The van der Waals surface area contributed by atoms with Crippen molar-refractivity contribution in [2.24, 2.45) is 0 Å². The van der Waals surface area contributed by atoms with Crippen LogP contribution in [0.15, 0.2) is 36.5 Å². The van der Waals surface area contributed by atoms with E-state index in [1.165, 1.54) is 0 Å². The molecule has 0 aliphatic rings. The van der Waals surface area contributed by atoms with E-state index in [1.807, 2.05) is 30.3 Å². The maximum Gasteiger partial charge on any atom is 0.101 e. The van der Waals surface area contributed by atoms with Crippen LogP contribution >= 0.6 is 0 Å². The number of nitriles is 1. The Bertz CT molecular complexity index is 322. The lowest BCUT2D eigenvalue weighted by Crippen LogP contribution is -2.21. The number of hydrazine groups is 1. The summed E-state index contributed by atoms with van der Waals surface area (Å²) in [6, 6.07) is 11.6. The van der Waals surface area contributed by atoms with Gasteiger partial charge in [-0.25, -0.2) is 5.43 Å². The molecule has 0 saturated carbocycles. The van der Waals surface area contributed by atoms with Gasteiger partial charge in [0.15, 0.2) is 0 Å². The summed E-state index contributed by atoms with van der Waals surface area (Å²) in [5.74, 6) is 0. The van der Waals surface area contributed by atoms with Crippen LogP contribution in [0.3, 0.4) is 0 Å². The van der Waals surface area contributed by atoms with Crippen LogP contribution in [-0.4, -0.2) is 7.05 Å². The number of benzene rings is 1. The predicted molar refractivity (Wildman–Crippen MR) is 52.2 cm³/mol. The normalized spacial score (nSPS) is 10.6. The molecule has 0 bridgehead atoms. The average Bonchev–Trinajstić information content (AvgIpc) is 2.21. The van der Waals surface area contributed by atoms with E-state index in [9.17, 15) is 0 Å². The zero-order valence-electron chi connectivity index (χ0n) is 7.41. The first kappa shape index (κ1) is 9.30. The molecule has 0 aliphatic carbocycles. The fourth-order valence-corrected chi connectivity index (χ4v) is 0.942. The monoisotopic (exact) mass is 173 g/mol. The first-order chi connectivity index (χ1) is 6.38. The summed E-state index contributed by atoms with van der Waals surface area (Å²) in [6.45, 7) is 0. The summed E-state index contributed by atoms with van der Waals surface area (Å²) in [5, 5.41) is 8.82. The minimum absolute atomic E-state index is 0.606. The fraction of sp³-hybridized carbons (Fsp3) is 0.100. The molecule has 0 saturated heterocycles. The molecular weight excluding hydrogens is 162 g/mol. The molecular formula is C10H11N3. The molecule has 1 rings (SSSR count). The number of hydrogen-bond donors (Lipinski definition) is 2. The lowest BCUT2D eigenvalue weighted by atomic mass is 10.1. The highest BCUT2D eigenvalue weighted by atomic mass is 15.3. The van der Waals surface area contributed by atoms with Crippen molar-refractivity contribution in [3.05, 3.63) is 42.1 Å². The number of nitrogens with one attached hydrogen (secondary N) is 2. The summed E-state index contributed by atoms with van der Waals surface area (Å²) in [4.78, 5) is 0. The lowest BCUT2D eigenvalue weighted by molar-refractivity contribution is 0.732. The SMILES string of the molecule is CNN/C=C(\C#N)c1ccccc1. The quantitative estimate of drug-likeness (QED) is 0.534. The van der Waals surface area contributed by atoms with Gasteiger partial charge in [0, 0.05) is 13.2 Å². The highest BCUT2D eigenvalue weighted by molar-refractivity contribution is 5.76. The summed E-state index contributed by atoms with van der Waals surface area (Å²) >= 11 is 0. The van der Waals surface area contributed by atoms with E-state index in [2.05, 4.69) is 16.9 Å². The average molecular weight is 173 g/mol. The van der Waals surface area contributed by atoms with Crippen LogP contribution in [0.25, 0.3) is 5.57 Å². The standard InChI is InChI=1S/C10H11N3/c1-12-13-8-10(7-11)9-5-3-2-4-6-9/h2-6,8,12-13H,1H3/b10-8+. The summed E-state index contributed by atoms with van der Waals surface area (Å²) < 4.78 is 0. The molecule has 0 amide bonds. The van der Waals surface area contributed by atoms with Crippen molar-refractivity contribution in [2.45, 2.75) is 0 Å². The Morgan fingerprint density at radius 2 is 2.08 bits per heavy atom. The van der Waals surface area contributed by atoms with Gasteiger partial charge in [-0.3, -0.25) is 0 Å². The topological polar surface area (TPSA) is 47.8 Å². The third-order valence-electron chi connectivity index (χ3n) is 1.57. The van der Waals surface area contributed by atoms with Gasteiger partial charge in [0.25, 0.3) is 0 Å². The molecule has 0 spiro atoms. The van der Waals surface area contributed by atoms with Gasteiger partial charge in [-0.1, -0.05) is 30.3 Å². The predicted octanol–water partition coefficient (Wildman–Crippen LogP) is 1.28. The van der Waals surface area contributed by atoms with Gasteiger partial charge in [-0.05, 0) is 5.56 Å². The van der Waals surface area contributed by atoms with Crippen LogP contribution in [0.1, 0.15) is 5.56 Å². The molecule has 0 heterocycles. The lowest BCUT2D eigenvalue weighted by Gasteiger charge is -1.99. The Morgan fingerprint density at radius 3 is 2.62 bits per heavy atom. The number of hydrogen-bond acceptors (Lipinski definition) is 3. The van der Waals surface area contributed by atoms with Crippen molar-refractivity contribution in [1.29, 1.82) is 5.26 Å². The van der Waals surface area contributed by atoms with Crippen LogP contribution in [0, 0.1) is 11.3 Å². The molecule has 1 aromatic rings. The maximum atomic E-state index is 8.82. The molecule has 0 atom stereocenters. The van der Waals surface area contributed by atoms with Gasteiger partial charge in [-0.2, -0.15) is 5.26 Å². The van der Waals surface area contributed by atoms with Crippen LogP contribution in [0.5, 0.6) is 0 Å². The molecule has 66 valence electrons.